The molecule has 2 atom stereocenters. The Morgan fingerprint density at radius 1 is 1.26 bits per heavy atom. The molecule has 3 rings (SSSR count). The lowest BCUT2D eigenvalue weighted by atomic mass is 9.94. The number of carbonyl (C=O) groups is 1. The van der Waals surface area contributed by atoms with Crippen molar-refractivity contribution in [3.63, 3.8) is 0 Å². The summed E-state index contributed by atoms with van der Waals surface area (Å²) >= 11 is 0. The molecule has 2 unspecified atom stereocenters. The molecule has 19 heavy (non-hydrogen) atoms. The third kappa shape index (κ3) is 1.98. The molecule has 1 aromatic heterocycles. The normalized spacial score (nSPS) is 18.7. The largest absolute Gasteiger partial charge is 0.493 e. The average Bonchev–Trinajstić information content (AvgIpc) is 3.05. The topological polar surface area (TPSA) is 79.9 Å². The van der Waals surface area contributed by atoms with Crippen LogP contribution in [-0.4, -0.2) is 22.8 Å². The molecule has 5 nitrogen and oxygen atoms in total. The highest BCUT2D eigenvalue weighted by molar-refractivity contribution is 5.84. The van der Waals surface area contributed by atoms with Crippen LogP contribution in [0.25, 0.3) is 0 Å². The van der Waals surface area contributed by atoms with Gasteiger partial charge >= 0.3 is 5.97 Å². The maximum absolute atomic E-state index is 10.8. The molecular weight excluding hydrogens is 248 g/mol. The maximum Gasteiger partial charge on any atom is 0.371 e. The van der Waals surface area contributed by atoms with Gasteiger partial charge in [0.25, 0.3) is 0 Å². The van der Waals surface area contributed by atoms with Gasteiger partial charge in [-0.15, -0.1) is 0 Å². The Balaban J connectivity index is 1.88. The van der Waals surface area contributed by atoms with Gasteiger partial charge in [0.1, 0.15) is 17.6 Å². The summed E-state index contributed by atoms with van der Waals surface area (Å²) < 4.78 is 10.6. The smallest absolute Gasteiger partial charge is 0.371 e. The molecule has 2 heterocycles. The zero-order chi connectivity index (χ0) is 13.4. The van der Waals surface area contributed by atoms with Crippen LogP contribution in [0.15, 0.2) is 40.8 Å². The molecule has 0 saturated carbocycles. The van der Waals surface area contributed by atoms with Gasteiger partial charge in [0.2, 0.25) is 5.76 Å². The van der Waals surface area contributed by atoms with Gasteiger partial charge in [-0.2, -0.15) is 0 Å². The van der Waals surface area contributed by atoms with E-state index < -0.39 is 12.1 Å². The second-order valence-electron chi connectivity index (χ2n) is 4.41. The van der Waals surface area contributed by atoms with Crippen molar-refractivity contribution in [2.45, 2.75) is 12.0 Å². The lowest BCUT2D eigenvalue weighted by Gasteiger charge is -2.14. The van der Waals surface area contributed by atoms with E-state index in [-0.39, 0.29) is 17.4 Å². The van der Waals surface area contributed by atoms with E-state index in [0.717, 1.165) is 11.3 Å². The van der Waals surface area contributed by atoms with E-state index >= 15 is 0 Å². The number of hydrogen-bond acceptors (Lipinski definition) is 4. The monoisotopic (exact) mass is 260 g/mol. The van der Waals surface area contributed by atoms with Crippen LogP contribution in [0, 0.1) is 0 Å². The number of benzene rings is 1. The number of hydrogen-bond donors (Lipinski definition) is 2. The lowest BCUT2D eigenvalue weighted by molar-refractivity contribution is 0.0642. The fraction of sp³-hybridized carbons (Fsp3) is 0.214. The highest BCUT2D eigenvalue weighted by Crippen LogP contribution is 2.41. The predicted octanol–water partition coefficient (Wildman–Crippen LogP) is 2.19. The number of ether oxygens (including phenoxy) is 1. The zero-order valence-corrected chi connectivity index (χ0v) is 9.95. The minimum Gasteiger partial charge on any atom is -0.493 e. The van der Waals surface area contributed by atoms with Gasteiger partial charge in [-0.05, 0) is 18.2 Å². The standard InChI is InChI=1S/C14H12O5/c15-13(11-5-6-12(19-11)14(16)17)9-7-18-10-4-2-1-3-8(9)10/h1-6,9,13,15H,7H2,(H,16,17). The molecule has 5 heteroatoms. The Kier molecular flexibility index (Phi) is 2.76. The molecule has 1 aromatic carbocycles. The van der Waals surface area contributed by atoms with Gasteiger partial charge in [0.05, 0.1) is 12.5 Å². The fourth-order valence-electron chi connectivity index (χ4n) is 2.27. The fourth-order valence-corrected chi connectivity index (χ4v) is 2.27. The van der Waals surface area contributed by atoms with E-state index in [9.17, 15) is 9.90 Å². The van der Waals surface area contributed by atoms with E-state index in [1.807, 2.05) is 24.3 Å². The van der Waals surface area contributed by atoms with Gasteiger partial charge < -0.3 is 19.4 Å². The molecule has 1 aliphatic heterocycles. The molecule has 0 amide bonds. The number of carboxylic acids is 1. The van der Waals surface area contributed by atoms with Gasteiger partial charge in [-0.3, -0.25) is 0 Å². The van der Waals surface area contributed by atoms with Crippen molar-refractivity contribution < 1.29 is 24.2 Å². The van der Waals surface area contributed by atoms with Crippen molar-refractivity contribution >= 4 is 5.97 Å². The molecule has 0 aliphatic carbocycles. The van der Waals surface area contributed by atoms with E-state index in [1.54, 1.807) is 0 Å². The van der Waals surface area contributed by atoms with Crippen molar-refractivity contribution in [2.75, 3.05) is 6.61 Å². The van der Waals surface area contributed by atoms with Crippen molar-refractivity contribution in [2.24, 2.45) is 0 Å². The van der Waals surface area contributed by atoms with E-state index in [1.165, 1.54) is 12.1 Å². The number of para-hydroxylation sites is 1. The molecule has 2 aromatic rings. The summed E-state index contributed by atoms with van der Waals surface area (Å²) in [6.07, 6.45) is -0.920. The zero-order valence-electron chi connectivity index (χ0n) is 9.95. The summed E-state index contributed by atoms with van der Waals surface area (Å²) in [4.78, 5) is 10.8. The number of rotatable bonds is 3. The van der Waals surface area contributed by atoms with Crippen LogP contribution in [0.5, 0.6) is 5.75 Å². The molecule has 0 fully saturated rings. The third-order valence-electron chi connectivity index (χ3n) is 3.25. The summed E-state index contributed by atoms with van der Waals surface area (Å²) in [7, 11) is 0. The Labute approximate surface area is 109 Å². The first-order valence-corrected chi connectivity index (χ1v) is 5.89. The first-order chi connectivity index (χ1) is 9.16. The van der Waals surface area contributed by atoms with Gasteiger partial charge in [-0.25, -0.2) is 4.79 Å². The van der Waals surface area contributed by atoms with E-state index in [4.69, 9.17) is 14.3 Å². The van der Waals surface area contributed by atoms with Crippen LogP contribution in [0.4, 0.5) is 0 Å². The number of aliphatic hydroxyl groups is 1. The van der Waals surface area contributed by atoms with E-state index in [0.29, 0.717) is 6.61 Å². The van der Waals surface area contributed by atoms with Crippen LogP contribution in [0.2, 0.25) is 0 Å². The van der Waals surface area contributed by atoms with Crippen molar-refractivity contribution in [1.29, 1.82) is 0 Å². The second-order valence-corrected chi connectivity index (χ2v) is 4.41. The SMILES string of the molecule is O=C(O)c1ccc(C(O)C2COc3ccccc32)o1. The quantitative estimate of drug-likeness (QED) is 0.884. The minimum absolute atomic E-state index is 0.179. The third-order valence-corrected chi connectivity index (χ3v) is 3.25. The molecule has 0 radical (unpaired) electrons. The first kappa shape index (κ1) is 11.8. The van der Waals surface area contributed by atoms with Gasteiger partial charge in [0.15, 0.2) is 0 Å². The van der Waals surface area contributed by atoms with Gasteiger partial charge in [-0.1, -0.05) is 18.2 Å². The number of aliphatic hydroxyl groups excluding tert-OH is 1. The number of aromatic carboxylic acids is 1. The average molecular weight is 260 g/mol. The first-order valence-electron chi connectivity index (χ1n) is 5.89. The molecule has 98 valence electrons. The summed E-state index contributed by atoms with van der Waals surface area (Å²) in [5.74, 6) is -0.592. The van der Waals surface area contributed by atoms with Crippen molar-refractivity contribution in [1.82, 2.24) is 0 Å². The second kappa shape index (κ2) is 4.44. The molecule has 0 bridgehead atoms. The number of fused-ring (bicyclic) bond motifs is 1. The Morgan fingerprint density at radius 2 is 2.05 bits per heavy atom. The van der Waals surface area contributed by atoms with E-state index in [2.05, 4.69) is 0 Å². The van der Waals surface area contributed by atoms with Gasteiger partial charge in [0, 0.05) is 5.56 Å². The highest BCUT2D eigenvalue weighted by Gasteiger charge is 2.33. The van der Waals surface area contributed by atoms with Crippen LogP contribution < -0.4 is 4.74 Å². The van der Waals surface area contributed by atoms with Crippen LogP contribution in [-0.2, 0) is 0 Å². The Hall–Kier alpha value is -2.27. The number of furan rings is 1. The summed E-state index contributed by atoms with van der Waals surface area (Å²) in [6, 6.07) is 10.3. The Bertz CT molecular complexity index is 616. The molecule has 1 aliphatic rings. The molecule has 2 N–H and O–H groups in total. The minimum atomic E-state index is -1.15. The van der Waals surface area contributed by atoms with Crippen LogP contribution in [0.3, 0.4) is 0 Å². The molecular formula is C14H12O5. The summed E-state index contributed by atoms with van der Waals surface area (Å²) in [6.45, 7) is 0.351. The van der Waals surface area contributed by atoms with Crippen molar-refractivity contribution in [3.05, 3.63) is 53.5 Å². The Morgan fingerprint density at radius 3 is 2.79 bits per heavy atom. The maximum atomic E-state index is 10.8. The lowest BCUT2D eigenvalue weighted by Crippen LogP contribution is -2.11. The number of carboxylic acid groups (broad SMARTS) is 1. The summed E-state index contributed by atoms with van der Waals surface area (Å²) in [5.41, 5.74) is 0.906. The molecule has 0 saturated heterocycles. The van der Waals surface area contributed by atoms with Crippen LogP contribution >= 0.6 is 0 Å². The predicted molar refractivity (Wildman–Crippen MR) is 65.3 cm³/mol. The van der Waals surface area contributed by atoms with Crippen molar-refractivity contribution in [3.8, 4) is 5.75 Å². The highest BCUT2D eigenvalue weighted by atomic mass is 16.5. The summed E-state index contributed by atoms with van der Waals surface area (Å²) in [5, 5.41) is 19.1. The van der Waals surface area contributed by atoms with Crippen LogP contribution in [0.1, 0.15) is 33.9 Å². The molecule has 0 spiro atoms.